The molecule has 1 aromatic carbocycles. The van der Waals surface area contributed by atoms with Gasteiger partial charge in [0.25, 0.3) is 0 Å². The number of amides is 1. The normalized spacial score (nSPS) is 15.7. The van der Waals surface area contributed by atoms with Crippen LogP contribution < -0.4 is 4.74 Å². The maximum absolute atomic E-state index is 11.8. The van der Waals surface area contributed by atoms with Crippen molar-refractivity contribution in [3.63, 3.8) is 0 Å². The van der Waals surface area contributed by atoms with Crippen molar-refractivity contribution in [1.29, 1.82) is 0 Å². The molecule has 0 N–H and O–H groups in total. The van der Waals surface area contributed by atoms with Gasteiger partial charge in [0.05, 0.1) is 19.2 Å². The predicted octanol–water partition coefficient (Wildman–Crippen LogP) is 1.60. The van der Waals surface area contributed by atoms with Crippen LogP contribution in [0.25, 0.3) is 10.9 Å². The van der Waals surface area contributed by atoms with Gasteiger partial charge in [0, 0.05) is 24.5 Å². The van der Waals surface area contributed by atoms with Gasteiger partial charge in [-0.15, -0.1) is 0 Å². The van der Waals surface area contributed by atoms with Crippen LogP contribution in [0.1, 0.15) is 5.56 Å². The molecule has 5 nitrogen and oxygen atoms in total. The quantitative estimate of drug-likeness (QED) is 0.851. The predicted molar refractivity (Wildman–Crippen MR) is 74.5 cm³/mol. The van der Waals surface area contributed by atoms with E-state index >= 15 is 0 Å². The Kier molecular flexibility index (Phi) is 3.52. The summed E-state index contributed by atoms with van der Waals surface area (Å²) in [7, 11) is 1.60. The largest absolute Gasteiger partial charge is 0.481 e. The minimum absolute atomic E-state index is 0.0242. The molecule has 0 aliphatic carbocycles. The number of rotatable bonds is 3. The zero-order valence-electron chi connectivity index (χ0n) is 11.3. The standard InChI is InChI=1S/C15H16N2O3/c1-19-14-8-11(9-17-6-7-20-10-15(17)18)12-4-2-3-5-13(12)16-14/h2-5,8H,6-7,9-10H2,1H3. The molecule has 0 unspecified atom stereocenters. The Bertz CT molecular complexity index is 642. The highest BCUT2D eigenvalue weighted by molar-refractivity contribution is 5.84. The summed E-state index contributed by atoms with van der Waals surface area (Å²) in [6.07, 6.45) is 0. The van der Waals surface area contributed by atoms with Gasteiger partial charge in [-0.1, -0.05) is 18.2 Å². The Morgan fingerprint density at radius 3 is 3.05 bits per heavy atom. The van der Waals surface area contributed by atoms with Crippen LogP contribution in [-0.4, -0.2) is 42.7 Å². The van der Waals surface area contributed by atoms with Crippen molar-refractivity contribution in [3.05, 3.63) is 35.9 Å². The summed E-state index contributed by atoms with van der Waals surface area (Å²) in [5, 5.41) is 1.05. The summed E-state index contributed by atoms with van der Waals surface area (Å²) in [5.41, 5.74) is 1.92. The molecule has 2 aromatic rings. The molecular formula is C15H16N2O3. The number of benzene rings is 1. The van der Waals surface area contributed by atoms with E-state index in [-0.39, 0.29) is 12.5 Å². The van der Waals surface area contributed by atoms with Gasteiger partial charge in [-0.05, 0) is 11.6 Å². The molecule has 104 valence electrons. The van der Waals surface area contributed by atoms with Crippen LogP contribution in [0.3, 0.4) is 0 Å². The van der Waals surface area contributed by atoms with Crippen LogP contribution in [0.5, 0.6) is 5.88 Å². The molecule has 1 aliphatic heterocycles. The van der Waals surface area contributed by atoms with E-state index in [1.165, 1.54) is 0 Å². The number of para-hydroxylation sites is 1. The fourth-order valence-corrected chi connectivity index (χ4v) is 2.38. The highest BCUT2D eigenvalue weighted by Gasteiger charge is 2.20. The second kappa shape index (κ2) is 5.46. The number of carbonyl (C=O) groups is 1. The number of methoxy groups -OCH3 is 1. The van der Waals surface area contributed by atoms with E-state index in [1.54, 1.807) is 7.11 Å². The molecule has 1 aromatic heterocycles. The van der Waals surface area contributed by atoms with E-state index in [9.17, 15) is 4.79 Å². The number of morpholine rings is 1. The van der Waals surface area contributed by atoms with Gasteiger partial charge in [0.1, 0.15) is 6.61 Å². The highest BCUT2D eigenvalue weighted by Crippen LogP contribution is 2.23. The molecule has 0 radical (unpaired) electrons. The second-order valence-corrected chi connectivity index (χ2v) is 4.71. The molecule has 0 saturated carbocycles. The van der Waals surface area contributed by atoms with Gasteiger partial charge in [0.2, 0.25) is 11.8 Å². The molecule has 1 amide bonds. The van der Waals surface area contributed by atoms with Crippen LogP contribution in [-0.2, 0) is 16.1 Å². The number of fused-ring (bicyclic) bond motifs is 1. The average molecular weight is 272 g/mol. The summed E-state index contributed by atoms with van der Waals surface area (Å²) < 4.78 is 10.4. The molecule has 5 heteroatoms. The smallest absolute Gasteiger partial charge is 0.248 e. The summed E-state index contributed by atoms with van der Waals surface area (Å²) in [6, 6.07) is 9.77. The summed E-state index contributed by atoms with van der Waals surface area (Å²) in [6.45, 7) is 1.94. The average Bonchev–Trinajstić information content (AvgIpc) is 2.49. The summed E-state index contributed by atoms with van der Waals surface area (Å²) >= 11 is 0. The molecule has 0 atom stereocenters. The fraction of sp³-hybridized carbons (Fsp3) is 0.333. The Morgan fingerprint density at radius 1 is 1.40 bits per heavy atom. The molecule has 0 bridgehead atoms. The number of carbonyl (C=O) groups excluding carboxylic acids is 1. The zero-order chi connectivity index (χ0) is 13.9. The van der Waals surface area contributed by atoms with Gasteiger partial charge < -0.3 is 14.4 Å². The Hall–Kier alpha value is -2.14. The van der Waals surface area contributed by atoms with E-state index in [0.29, 0.717) is 25.6 Å². The monoisotopic (exact) mass is 272 g/mol. The highest BCUT2D eigenvalue weighted by atomic mass is 16.5. The first-order valence-corrected chi connectivity index (χ1v) is 6.56. The van der Waals surface area contributed by atoms with Crippen molar-refractivity contribution in [2.75, 3.05) is 26.9 Å². The van der Waals surface area contributed by atoms with Crippen molar-refractivity contribution in [2.45, 2.75) is 6.54 Å². The lowest BCUT2D eigenvalue weighted by atomic mass is 10.1. The fourth-order valence-electron chi connectivity index (χ4n) is 2.38. The van der Waals surface area contributed by atoms with Crippen molar-refractivity contribution < 1.29 is 14.3 Å². The van der Waals surface area contributed by atoms with Crippen molar-refractivity contribution in [1.82, 2.24) is 9.88 Å². The number of nitrogens with zero attached hydrogens (tertiary/aromatic N) is 2. The van der Waals surface area contributed by atoms with Crippen molar-refractivity contribution >= 4 is 16.8 Å². The molecule has 0 spiro atoms. The Labute approximate surface area is 117 Å². The number of pyridine rings is 1. The third-order valence-corrected chi connectivity index (χ3v) is 3.43. The minimum atomic E-state index is 0.0242. The van der Waals surface area contributed by atoms with Crippen LogP contribution in [0.4, 0.5) is 0 Å². The lowest BCUT2D eigenvalue weighted by Crippen LogP contribution is -2.40. The third-order valence-electron chi connectivity index (χ3n) is 3.43. The van der Waals surface area contributed by atoms with Gasteiger partial charge in [-0.3, -0.25) is 4.79 Å². The van der Waals surface area contributed by atoms with Crippen LogP contribution in [0, 0.1) is 0 Å². The molecule has 1 fully saturated rings. The summed E-state index contributed by atoms with van der Waals surface area (Å²) in [5.74, 6) is 0.593. The third kappa shape index (κ3) is 2.44. The maximum Gasteiger partial charge on any atom is 0.248 e. The minimum Gasteiger partial charge on any atom is -0.481 e. The van der Waals surface area contributed by atoms with E-state index in [1.807, 2.05) is 35.2 Å². The van der Waals surface area contributed by atoms with Crippen molar-refractivity contribution in [2.24, 2.45) is 0 Å². The maximum atomic E-state index is 11.8. The first-order chi connectivity index (χ1) is 9.78. The van der Waals surface area contributed by atoms with E-state index < -0.39 is 0 Å². The molecule has 20 heavy (non-hydrogen) atoms. The van der Waals surface area contributed by atoms with E-state index in [2.05, 4.69) is 4.98 Å². The molecule has 1 aliphatic rings. The van der Waals surface area contributed by atoms with Crippen molar-refractivity contribution in [3.8, 4) is 5.88 Å². The van der Waals surface area contributed by atoms with Crippen LogP contribution in [0.15, 0.2) is 30.3 Å². The zero-order valence-corrected chi connectivity index (χ0v) is 11.3. The van der Waals surface area contributed by atoms with Gasteiger partial charge in [0.15, 0.2) is 0 Å². The molecule has 3 rings (SSSR count). The van der Waals surface area contributed by atoms with Gasteiger partial charge in [-0.2, -0.15) is 0 Å². The molecule has 2 heterocycles. The topological polar surface area (TPSA) is 51.7 Å². The van der Waals surface area contributed by atoms with E-state index in [0.717, 1.165) is 16.5 Å². The number of aromatic nitrogens is 1. The molecular weight excluding hydrogens is 256 g/mol. The number of hydrogen-bond acceptors (Lipinski definition) is 4. The number of ether oxygens (including phenoxy) is 2. The van der Waals surface area contributed by atoms with Gasteiger partial charge >= 0.3 is 0 Å². The molecule has 1 saturated heterocycles. The Balaban J connectivity index is 1.98. The first-order valence-electron chi connectivity index (χ1n) is 6.56. The van der Waals surface area contributed by atoms with Crippen LogP contribution >= 0.6 is 0 Å². The lowest BCUT2D eigenvalue weighted by Gasteiger charge is -2.27. The van der Waals surface area contributed by atoms with Crippen LogP contribution in [0.2, 0.25) is 0 Å². The second-order valence-electron chi connectivity index (χ2n) is 4.71. The summed E-state index contributed by atoms with van der Waals surface area (Å²) in [4.78, 5) is 18.1. The lowest BCUT2D eigenvalue weighted by molar-refractivity contribution is -0.143. The first kappa shape index (κ1) is 12.9. The Morgan fingerprint density at radius 2 is 2.25 bits per heavy atom. The van der Waals surface area contributed by atoms with Gasteiger partial charge in [-0.25, -0.2) is 4.98 Å². The SMILES string of the molecule is COc1cc(CN2CCOCC2=O)c2ccccc2n1. The van der Waals surface area contributed by atoms with E-state index in [4.69, 9.17) is 9.47 Å². The number of hydrogen-bond donors (Lipinski definition) is 0.